The van der Waals surface area contributed by atoms with Gasteiger partial charge in [0.2, 0.25) is 0 Å². The topological polar surface area (TPSA) is 40.5 Å². The van der Waals surface area contributed by atoms with Crippen molar-refractivity contribution in [2.75, 3.05) is 13.2 Å². The Labute approximate surface area is 156 Å². The fourth-order valence-corrected chi connectivity index (χ4v) is 2.89. The van der Waals surface area contributed by atoms with Gasteiger partial charge in [-0.25, -0.2) is 0 Å². The van der Waals surface area contributed by atoms with E-state index in [0.717, 1.165) is 32.1 Å². The lowest BCUT2D eigenvalue weighted by molar-refractivity contribution is 0.291. The Morgan fingerprint density at radius 2 is 1.76 bits per heavy atom. The van der Waals surface area contributed by atoms with Crippen molar-refractivity contribution in [3.63, 3.8) is 0 Å². The average Bonchev–Trinajstić information content (AvgIpc) is 2.86. The second-order valence-corrected chi connectivity index (χ2v) is 7.26. The highest BCUT2D eigenvalue weighted by Crippen LogP contribution is 2.44. The summed E-state index contributed by atoms with van der Waals surface area (Å²) >= 11 is 0. The van der Waals surface area contributed by atoms with E-state index in [9.17, 15) is 0 Å². The van der Waals surface area contributed by atoms with Crippen molar-refractivity contribution in [1.29, 1.82) is 0 Å². The SMILES string of the molecule is CC/C=C\CC/C=C/CO.CCC(=CCC1CC=C(C)C1(C)C)CO. The molecule has 0 amide bonds. The maximum Gasteiger partial charge on any atom is 0.0641 e. The molecular formula is C23H40O2. The Balaban J connectivity index is 0.000000504. The first-order valence-corrected chi connectivity index (χ1v) is 9.80. The third-order valence-corrected chi connectivity index (χ3v) is 5.27. The zero-order chi connectivity index (χ0) is 19.1. The largest absolute Gasteiger partial charge is 0.392 e. The van der Waals surface area contributed by atoms with Crippen LogP contribution in [0.5, 0.6) is 0 Å². The summed E-state index contributed by atoms with van der Waals surface area (Å²) < 4.78 is 0. The van der Waals surface area contributed by atoms with Gasteiger partial charge in [-0.05, 0) is 62.4 Å². The number of hydrogen-bond acceptors (Lipinski definition) is 2. The van der Waals surface area contributed by atoms with Crippen LogP contribution in [0.2, 0.25) is 0 Å². The van der Waals surface area contributed by atoms with E-state index < -0.39 is 0 Å². The molecule has 0 heterocycles. The quantitative estimate of drug-likeness (QED) is 0.397. The molecule has 0 spiro atoms. The van der Waals surface area contributed by atoms with Gasteiger partial charge in [0.05, 0.1) is 13.2 Å². The van der Waals surface area contributed by atoms with Crippen molar-refractivity contribution in [3.8, 4) is 0 Å². The average molecular weight is 349 g/mol. The highest BCUT2D eigenvalue weighted by Gasteiger charge is 2.33. The summed E-state index contributed by atoms with van der Waals surface area (Å²) in [5, 5.41) is 17.5. The van der Waals surface area contributed by atoms with Crippen LogP contribution in [0.25, 0.3) is 0 Å². The molecule has 0 saturated heterocycles. The molecule has 2 nitrogen and oxygen atoms in total. The van der Waals surface area contributed by atoms with Gasteiger partial charge in [0.25, 0.3) is 0 Å². The minimum atomic E-state index is 0.164. The molecular weight excluding hydrogens is 308 g/mol. The van der Waals surface area contributed by atoms with Crippen LogP contribution in [-0.4, -0.2) is 23.4 Å². The number of aliphatic hydroxyl groups is 2. The Hall–Kier alpha value is -1.12. The van der Waals surface area contributed by atoms with Gasteiger partial charge in [-0.3, -0.25) is 0 Å². The van der Waals surface area contributed by atoms with Crippen molar-refractivity contribution in [1.82, 2.24) is 0 Å². The van der Waals surface area contributed by atoms with E-state index in [1.807, 2.05) is 6.08 Å². The molecule has 0 aromatic rings. The first-order valence-electron chi connectivity index (χ1n) is 9.80. The molecule has 1 rings (SSSR count). The van der Waals surface area contributed by atoms with Gasteiger partial charge in [0.15, 0.2) is 0 Å². The fraction of sp³-hybridized carbons (Fsp3) is 0.652. The summed E-state index contributed by atoms with van der Waals surface area (Å²) in [5.41, 5.74) is 3.03. The zero-order valence-electron chi connectivity index (χ0n) is 17.1. The standard InChI is InChI=1S/C14H24O.C9H16O/c1-5-12(10-15)7-9-13-8-6-11(2)14(13,3)4;1-2-3-4-5-6-7-8-9-10/h6-7,13,15H,5,8-10H2,1-4H3;3-4,7-8,10H,2,5-6,9H2,1H3/b;4-3-,8-7+. The van der Waals surface area contributed by atoms with Gasteiger partial charge in [0.1, 0.15) is 0 Å². The number of allylic oxidation sites excluding steroid dienone is 6. The predicted molar refractivity (Wildman–Crippen MR) is 111 cm³/mol. The van der Waals surface area contributed by atoms with Crippen LogP contribution in [0.1, 0.15) is 73.1 Å². The molecule has 1 unspecified atom stereocenters. The highest BCUT2D eigenvalue weighted by molar-refractivity contribution is 5.19. The Morgan fingerprint density at radius 3 is 2.20 bits per heavy atom. The number of rotatable bonds is 9. The molecule has 1 aliphatic rings. The van der Waals surface area contributed by atoms with Gasteiger partial charge >= 0.3 is 0 Å². The summed E-state index contributed by atoms with van der Waals surface area (Å²) in [6.45, 7) is 11.5. The molecule has 0 bridgehead atoms. The lowest BCUT2D eigenvalue weighted by atomic mass is 9.76. The van der Waals surface area contributed by atoms with Crippen LogP contribution in [0, 0.1) is 11.3 Å². The lowest BCUT2D eigenvalue weighted by Gasteiger charge is -2.29. The normalized spacial score (nSPS) is 20.0. The Kier molecular flexibility index (Phi) is 13.5. The van der Waals surface area contributed by atoms with E-state index in [0.29, 0.717) is 11.3 Å². The molecule has 0 aliphatic heterocycles. The third-order valence-electron chi connectivity index (χ3n) is 5.27. The van der Waals surface area contributed by atoms with Crippen LogP contribution in [-0.2, 0) is 0 Å². The van der Waals surface area contributed by atoms with Gasteiger partial charge in [-0.1, -0.05) is 69.7 Å². The molecule has 0 fully saturated rings. The maximum absolute atomic E-state index is 9.10. The van der Waals surface area contributed by atoms with Crippen LogP contribution in [0.15, 0.2) is 47.6 Å². The molecule has 25 heavy (non-hydrogen) atoms. The summed E-state index contributed by atoms with van der Waals surface area (Å²) in [4.78, 5) is 0. The molecule has 0 aromatic heterocycles. The molecule has 2 N–H and O–H groups in total. The summed E-state index contributed by atoms with van der Waals surface area (Å²) in [6, 6.07) is 0. The van der Waals surface area contributed by atoms with Crippen molar-refractivity contribution in [3.05, 3.63) is 47.6 Å². The van der Waals surface area contributed by atoms with Crippen molar-refractivity contribution < 1.29 is 10.2 Å². The first kappa shape index (κ1) is 23.9. The summed E-state index contributed by atoms with van der Waals surface area (Å²) in [5.74, 6) is 0.714. The van der Waals surface area contributed by atoms with E-state index in [-0.39, 0.29) is 13.2 Å². The summed E-state index contributed by atoms with van der Waals surface area (Å²) in [7, 11) is 0. The molecule has 1 aliphatic carbocycles. The number of unbranched alkanes of at least 4 members (excludes halogenated alkanes) is 1. The maximum atomic E-state index is 9.10. The van der Waals surface area contributed by atoms with Crippen LogP contribution in [0.4, 0.5) is 0 Å². The van der Waals surface area contributed by atoms with Gasteiger partial charge in [-0.2, -0.15) is 0 Å². The van der Waals surface area contributed by atoms with Gasteiger partial charge in [-0.15, -0.1) is 0 Å². The zero-order valence-corrected chi connectivity index (χ0v) is 17.1. The molecule has 2 heteroatoms. The summed E-state index contributed by atoms with van der Waals surface area (Å²) in [6.07, 6.45) is 19.2. The first-order chi connectivity index (χ1) is 11.9. The van der Waals surface area contributed by atoms with E-state index in [1.54, 1.807) is 6.08 Å². The Bertz CT molecular complexity index is 433. The smallest absolute Gasteiger partial charge is 0.0641 e. The minimum absolute atomic E-state index is 0.164. The number of hydrogen-bond donors (Lipinski definition) is 2. The Morgan fingerprint density at radius 1 is 1.12 bits per heavy atom. The van der Waals surface area contributed by atoms with Crippen LogP contribution < -0.4 is 0 Å². The molecule has 144 valence electrons. The van der Waals surface area contributed by atoms with Crippen molar-refractivity contribution >= 4 is 0 Å². The van der Waals surface area contributed by atoms with E-state index in [2.05, 4.69) is 58.9 Å². The lowest BCUT2D eigenvalue weighted by Crippen LogP contribution is -2.19. The second-order valence-electron chi connectivity index (χ2n) is 7.26. The monoisotopic (exact) mass is 348 g/mol. The molecule has 0 radical (unpaired) electrons. The van der Waals surface area contributed by atoms with Crippen molar-refractivity contribution in [2.45, 2.75) is 73.1 Å². The molecule has 0 aromatic carbocycles. The van der Waals surface area contributed by atoms with Gasteiger partial charge < -0.3 is 10.2 Å². The molecule has 1 atom stereocenters. The van der Waals surface area contributed by atoms with Crippen molar-refractivity contribution in [2.24, 2.45) is 11.3 Å². The van der Waals surface area contributed by atoms with E-state index in [1.165, 1.54) is 17.6 Å². The van der Waals surface area contributed by atoms with E-state index >= 15 is 0 Å². The fourth-order valence-electron chi connectivity index (χ4n) is 2.89. The minimum Gasteiger partial charge on any atom is -0.392 e. The van der Waals surface area contributed by atoms with Crippen LogP contribution in [0.3, 0.4) is 0 Å². The van der Waals surface area contributed by atoms with Gasteiger partial charge in [0, 0.05) is 0 Å². The van der Waals surface area contributed by atoms with E-state index in [4.69, 9.17) is 10.2 Å². The predicted octanol–water partition coefficient (Wildman–Crippen LogP) is 5.98. The second kappa shape index (κ2) is 14.1. The highest BCUT2D eigenvalue weighted by atomic mass is 16.3. The van der Waals surface area contributed by atoms with Crippen LogP contribution >= 0.6 is 0 Å². The molecule has 0 saturated carbocycles. The number of aliphatic hydroxyl groups excluding tert-OH is 2. The third kappa shape index (κ3) is 9.81.